The van der Waals surface area contributed by atoms with E-state index in [1.54, 1.807) is 12.1 Å². The van der Waals surface area contributed by atoms with E-state index >= 15 is 0 Å². The van der Waals surface area contributed by atoms with Crippen molar-refractivity contribution in [1.82, 2.24) is 4.72 Å². The van der Waals surface area contributed by atoms with Crippen molar-refractivity contribution in [2.45, 2.75) is 30.4 Å². The van der Waals surface area contributed by atoms with E-state index in [4.69, 9.17) is 0 Å². The van der Waals surface area contributed by atoms with Crippen molar-refractivity contribution >= 4 is 35.8 Å². The van der Waals surface area contributed by atoms with E-state index in [-0.39, 0.29) is 11.4 Å². The van der Waals surface area contributed by atoms with Gasteiger partial charge in [0.1, 0.15) is 0 Å². The van der Waals surface area contributed by atoms with Gasteiger partial charge in [0, 0.05) is 17.3 Å². The van der Waals surface area contributed by atoms with Gasteiger partial charge in [-0.15, -0.1) is 0 Å². The van der Waals surface area contributed by atoms with Gasteiger partial charge in [-0.2, -0.15) is 0 Å². The summed E-state index contributed by atoms with van der Waals surface area (Å²) in [6.45, 7) is 4.62. The van der Waals surface area contributed by atoms with E-state index < -0.39 is 24.6 Å². The highest BCUT2D eigenvalue weighted by Gasteiger charge is 2.32. The molecule has 8 heteroatoms. The lowest BCUT2D eigenvalue weighted by atomic mass is 10.2. The van der Waals surface area contributed by atoms with Crippen LogP contribution in [0.5, 0.6) is 0 Å². The minimum atomic E-state index is -3.76. The molecule has 0 bridgehead atoms. The van der Waals surface area contributed by atoms with Crippen molar-refractivity contribution in [3.05, 3.63) is 28.2 Å². The molecule has 5 nitrogen and oxygen atoms in total. The number of sulfonamides is 1. The summed E-state index contributed by atoms with van der Waals surface area (Å²) < 4.78 is 49.2. The molecule has 0 heterocycles. The summed E-state index contributed by atoms with van der Waals surface area (Å²) >= 11 is 3.21. The lowest BCUT2D eigenvalue weighted by Crippen LogP contribution is -2.43. The zero-order chi connectivity index (χ0) is 15.8. The SMILES string of the molecule is Cc1ccc(S(=O)(=O)NCC(C)(C)S(C)(=O)=O)c(Br)c1. The Bertz CT molecular complexity index is 709. The van der Waals surface area contributed by atoms with Crippen molar-refractivity contribution in [2.75, 3.05) is 12.8 Å². The largest absolute Gasteiger partial charge is 0.241 e. The fourth-order valence-electron chi connectivity index (χ4n) is 1.30. The zero-order valence-corrected chi connectivity index (χ0v) is 15.0. The highest BCUT2D eigenvalue weighted by molar-refractivity contribution is 9.10. The van der Waals surface area contributed by atoms with Crippen LogP contribution in [0.15, 0.2) is 27.6 Å². The summed E-state index contributed by atoms with van der Waals surface area (Å²) in [5.74, 6) is 0. The van der Waals surface area contributed by atoms with E-state index in [1.807, 2.05) is 6.92 Å². The van der Waals surface area contributed by atoms with Crippen molar-refractivity contribution in [2.24, 2.45) is 0 Å². The van der Waals surface area contributed by atoms with E-state index in [0.29, 0.717) is 4.47 Å². The monoisotopic (exact) mass is 383 g/mol. The Morgan fingerprint density at radius 2 is 1.75 bits per heavy atom. The number of aryl methyl sites for hydroxylation is 1. The third-order valence-electron chi connectivity index (χ3n) is 3.07. The maximum atomic E-state index is 12.2. The number of rotatable bonds is 5. The van der Waals surface area contributed by atoms with E-state index in [9.17, 15) is 16.8 Å². The van der Waals surface area contributed by atoms with Crippen molar-refractivity contribution in [1.29, 1.82) is 0 Å². The Labute approximate surface area is 128 Å². The summed E-state index contributed by atoms with van der Waals surface area (Å²) in [4.78, 5) is 0.0902. The molecule has 114 valence electrons. The summed E-state index contributed by atoms with van der Waals surface area (Å²) in [6.07, 6.45) is 1.09. The molecule has 0 aromatic heterocycles. The van der Waals surface area contributed by atoms with Crippen LogP contribution in [0.1, 0.15) is 19.4 Å². The molecular formula is C12H18BrNO4S2. The molecule has 0 fully saturated rings. The smallest absolute Gasteiger partial charge is 0.229 e. The van der Waals surface area contributed by atoms with Gasteiger partial charge in [0.2, 0.25) is 10.0 Å². The van der Waals surface area contributed by atoms with Gasteiger partial charge in [0.15, 0.2) is 9.84 Å². The van der Waals surface area contributed by atoms with Crippen molar-refractivity contribution in [3.63, 3.8) is 0 Å². The number of benzene rings is 1. The standard InChI is InChI=1S/C12H18BrNO4S2/c1-9-5-6-11(10(13)7-9)20(17,18)14-8-12(2,3)19(4,15)16/h5-7,14H,8H2,1-4H3. The van der Waals surface area contributed by atoms with Gasteiger partial charge in [-0.1, -0.05) is 6.07 Å². The van der Waals surface area contributed by atoms with Crippen LogP contribution in [0.2, 0.25) is 0 Å². The van der Waals surface area contributed by atoms with E-state index in [1.165, 1.54) is 19.9 Å². The molecule has 20 heavy (non-hydrogen) atoms. The van der Waals surface area contributed by atoms with Crippen LogP contribution in [-0.2, 0) is 19.9 Å². The predicted molar refractivity (Wildman–Crippen MR) is 83.0 cm³/mol. The topological polar surface area (TPSA) is 80.3 Å². The number of nitrogens with one attached hydrogen (secondary N) is 1. The normalized spacial score (nSPS) is 13.4. The lowest BCUT2D eigenvalue weighted by molar-refractivity contribution is 0.537. The molecule has 1 N–H and O–H groups in total. The molecule has 0 saturated heterocycles. The number of halogens is 1. The average molecular weight is 384 g/mol. The van der Waals surface area contributed by atoms with Crippen molar-refractivity contribution in [3.8, 4) is 0 Å². The number of hydrogen-bond donors (Lipinski definition) is 1. The Kier molecular flexibility index (Phi) is 5.06. The summed E-state index contributed by atoms with van der Waals surface area (Å²) in [5, 5.41) is 0. The van der Waals surface area contributed by atoms with E-state index in [2.05, 4.69) is 20.7 Å². The minimum Gasteiger partial charge on any atom is -0.229 e. The Morgan fingerprint density at radius 1 is 1.20 bits per heavy atom. The maximum Gasteiger partial charge on any atom is 0.241 e. The highest BCUT2D eigenvalue weighted by atomic mass is 79.9. The molecule has 0 aliphatic rings. The summed E-state index contributed by atoms with van der Waals surface area (Å²) in [7, 11) is -7.12. The molecule has 0 radical (unpaired) electrons. The van der Waals surface area contributed by atoms with Gasteiger partial charge in [0.25, 0.3) is 0 Å². The van der Waals surface area contributed by atoms with Gasteiger partial charge in [0.05, 0.1) is 9.64 Å². The number of hydrogen-bond acceptors (Lipinski definition) is 4. The second-order valence-corrected chi connectivity index (χ2v) is 10.5. The van der Waals surface area contributed by atoms with Gasteiger partial charge >= 0.3 is 0 Å². The Balaban J connectivity index is 3.03. The van der Waals surface area contributed by atoms with Gasteiger partial charge in [-0.25, -0.2) is 21.6 Å². The third-order valence-corrected chi connectivity index (χ3v) is 7.60. The van der Waals surface area contributed by atoms with Gasteiger partial charge in [-0.3, -0.25) is 0 Å². The van der Waals surface area contributed by atoms with Gasteiger partial charge < -0.3 is 0 Å². The van der Waals surface area contributed by atoms with Crippen LogP contribution in [0, 0.1) is 6.92 Å². The molecule has 0 aliphatic heterocycles. The molecule has 0 amide bonds. The first-order valence-corrected chi connectivity index (χ1v) is 9.99. The molecule has 0 unspecified atom stereocenters. The predicted octanol–water partition coefficient (Wildman–Crippen LogP) is 1.86. The van der Waals surface area contributed by atoms with Crippen LogP contribution >= 0.6 is 15.9 Å². The van der Waals surface area contributed by atoms with Gasteiger partial charge in [-0.05, 0) is 54.4 Å². The minimum absolute atomic E-state index is 0.0902. The Morgan fingerprint density at radius 3 is 2.20 bits per heavy atom. The van der Waals surface area contributed by atoms with Crippen LogP contribution in [-0.4, -0.2) is 34.4 Å². The second-order valence-electron chi connectivity index (χ2n) is 5.29. The van der Waals surface area contributed by atoms with Crippen molar-refractivity contribution < 1.29 is 16.8 Å². The summed E-state index contributed by atoms with van der Waals surface area (Å²) in [6, 6.07) is 4.85. The quantitative estimate of drug-likeness (QED) is 0.841. The third kappa shape index (κ3) is 4.03. The lowest BCUT2D eigenvalue weighted by Gasteiger charge is -2.22. The van der Waals surface area contributed by atoms with E-state index in [0.717, 1.165) is 11.8 Å². The molecule has 1 rings (SSSR count). The highest BCUT2D eigenvalue weighted by Crippen LogP contribution is 2.23. The second kappa shape index (κ2) is 5.75. The molecule has 0 spiro atoms. The fourth-order valence-corrected chi connectivity index (χ4v) is 4.13. The first-order chi connectivity index (χ1) is 8.87. The number of sulfone groups is 1. The first kappa shape index (κ1) is 17.6. The molecule has 0 saturated carbocycles. The molecule has 1 aromatic carbocycles. The first-order valence-electron chi connectivity index (χ1n) is 5.82. The molecule has 0 aliphatic carbocycles. The Hall–Kier alpha value is -0.440. The molecular weight excluding hydrogens is 366 g/mol. The zero-order valence-electron chi connectivity index (χ0n) is 11.8. The summed E-state index contributed by atoms with van der Waals surface area (Å²) in [5.41, 5.74) is 0.923. The van der Waals surface area contributed by atoms with Crippen LogP contribution in [0.3, 0.4) is 0 Å². The fraction of sp³-hybridized carbons (Fsp3) is 0.500. The van der Waals surface area contributed by atoms with Crippen LogP contribution < -0.4 is 4.72 Å². The average Bonchev–Trinajstić information content (AvgIpc) is 2.24. The van der Waals surface area contributed by atoms with Crippen LogP contribution in [0.25, 0.3) is 0 Å². The maximum absolute atomic E-state index is 12.2. The molecule has 1 aromatic rings. The van der Waals surface area contributed by atoms with Crippen LogP contribution in [0.4, 0.5) is 0 Å². The molecule has 0 atom stereocenters.